The Morgan fingerprint density at radius 3 is 2.86 bits per heavy atom. The highest BCUT2D eigenvalue weighted by Gasteiger charge is 2.30. The number of nitrogens with one attached hydrogen (secondary N) is 1. The summed E-state index contributed by atoms with van der Waals surface area (Å²) in [5.41, 5.74) is -0.241. The fraction of sp³-hybridized carbons (Fsp3) is 0.500. The number of carbonyl (C=O) groups excluding carboxylic acids is 2. The van der Waals surface area contributed by atoms with Crippen LogP contribution in [-0.4, -0.2) is 35.1 Å². The number of hydrogen-bond donors (Lipinski definition) is 1. The molecule has 4 rings (SSSR count). The van der Waals surface area contributed by atoms with Crippen molar-refractivity contribution in [2.75, 3.05) is 18.1 Å². The Hall–Kier alpha value is -3.10. The Morgan fingerprint density at radius 2 is 2.21 bits per heavy atom. The summed E-state index contributed by atoms with van der Waals surface area (Å²) >= 11 is 0. The minimum absolute atomic E-state index is 0.0437. The van der Waals surface area contributed by atoms with E-state index in [0.717, 1.165) is 19.3 Å². The van der Waals surface area contributed by atoms with Crippen molar-refractivity contribution in [3.63, 3.8) is 0 Å². The van der Waals surface area contributed by atoms with Crippen LogP contribution in [0.25, 0.3) is 0 Å². The zero-order chi connectivity index (χ0) is 20.4. The molecule has 1 N–H and O–H groups in total. The largest absolute Gasteiger partial charge is 0.476 e. The van der Waals surface area contributed by atoms with Crippen LogP contribution in [0.4, 0.5) is 10.5 Å². The van der Waals surface area contributed by atoms with Gasteiger partial charge in [-0.1, -0.05) is 0 Å². The number of amides is 2. The molecule has 2 amide bonds. The second-order valence-electron chi connectivity index (χ2n) is 7.85. The van der Waals surface area contributed by atoms with Crippen LogP contribution >= 0.6 is 0 Å². The number of carbonyl (C=O) groups is 2. The molecule has 1 aliphatic carbocycles. The summed E-state index contributed by atoms with van der Waals surface area (Å²) in [7, 11) is 0. The van der Waals surface area contributed by atoms with E-state index < -0.39 is 11.6 Å². The second-order valence-corrected chi connectivity index (χ2v) is 7.85. The molecule has 0 aromatic carbocycles. The monoisotopic (exact) mass is 400 g/mol. The maximum absolute atomic E-state index is 12.4. The molecule has 29 heavy (non-hydrogen) atoms. The number of oxazole rings is 1. The van der Waals surface area contributed by atoms with Crippen molar-refractivity contribution in [2.45, 2.75) is 45.1 Å². The molecule has 1 saturated heterocycles. The smallest absolute Gasteiger partial charge is 0.414 e. The predicted molar refractivity (Wildman–Crippen MR) is 103 cm³/mol. The standard InChI is InChI=1S/C20H24N4O5/c1-20(2,18-21-9-11-27-18)23-19(26)29-15-8-7-14(24-10-3-4-16(24)25)17(22-15)28-12-13-5-6-13/h7-9,11,13H,3-6,10,12H2,1-2H3,(H,23,26). The van der Waals surface area contributed by atoms with Crippen molar-refractivity contribution in [3.05, 3.63) is 30.5 Å². The molecule has 9 nitrogen and oxygen atoms in total. The summed E-state index contributed by atoms with van der Waals surface area (Å²) < 4.78 is 16.5. The molecule has 9 heteroatoms. The molecule has 1 aliphatic heterocycles. The van der Waals surface area contributed by atoms with E-state index in [9.17, 15) is 9.59 Å². The van der Waals surface area contributed by atoms with E-state index in [1.807, 2.05) is 0 Å². The maximum atomic E-state index is 12.4. The van der Waals surface area contributed by atoms with E-state index >= 15 is 0 Å². The third-order valence-corrected chi connectivity index (χ3v) is 4.91. The average Bonchev–Trinajstić information content (AvgIpc) is 3.13. The summed E-state index contributed by atoms with van der Waals surface area (Å²) in [5, 5.41) is 2.70. The lowest BCUT2D eigenvalue weighted by Gasteiger charge is -2.22. The zero-order valence-electron chi connectivity index (χ0n) is 16.5. The summed E-state index contributed by atoms with van der Waals surface area (Å²) in [5.74, 6) is 1.32. The predicted octanol–water partition coefficient (Wildman–Crippen LogP) is 3.01. The maximum Gasteiger partial charge on any atom is 0.414 e. The first kappa shape index (κ1) is 19.2. The Labute approximate surface area is 168 Å². The van der Waals surface area contributed by atoms with Gasteiger partial charge >= 0.3 is 6.09 Å². The van der Waals surface area contributed by atoms with Crippen molar-refractivity contribution < 1.29 is 23.5 Å². The highest BCUT2D eigenvalue weighted by Crippen LogP contribution is 2.35. The molecule has 2 aromatic heterocycles. The third-order valence-electron chi connectivity index (χ3n) is 4.91. The van der Waals surface area contributed by atoms with Gasteiger partial charge in [-0.2, -0.15) is 4.98 Å². The number of aromatic nitrogens is 2. The van der Waals surface area contributed by atoms with E-state index in [0.29, 0.717) is 42.9 Å². The van der Waals surface area contributed by atoms with Gasteiger partial charge in [-0.3, -0.25) is 4.79 Å². The van der Waals surface area contributed by atoms with Gasteiger partial charge in [-0.05, 0) is 45.1 Å². The van der Waals surface area contributed by atoms with Crippen LogP contribution in [0.15, 0.2) is 29.0 Å². The Kier molecular flexibility index (Phi) is 5.12. The second kappa shape index (κ2) is 7.73. The first-order valence-corrected chi connectivity index (χ1v) is 9.76. The fourth-order valence-corrected chi connectivity index (χ4v) is 3.13. The minimum Gasteiger partial charge on any atom is -0.476 e. The molecule has 0 spiro atoms. The highest BCUT2D eigenvalue weighted by molar-refractivity contribution is 5.96. The number of rotatable bonds is 7. The van der Waals surface area contributed by atoms with Crippen molar-refractivity contribution in [3.8, 4) is 11.8 Å². The molecule has 0 radical (unpaired) electrons. The van der Waals surface area contributed by atoms with Crippen LogP contribution in [0.2, 0.25) is 0 Å². The molecular weight excluding hydrogens is 376 g/mol. The van der Waals surface area contributed by atoms with E-state index in [4.69, 9.17) is 13.9 Å². The Balaban J connectivity index is 1.48. The quantitative estimate of drug-likeness (QED) is 0.761. The highest BCUT2D eigenvalue weighted by atomic mass is 16.6. The Bertz CT molecular complexity index is 892. The van der Waals surface area contributed by atoms with E-state index in [-0.39, 0.29) is 11.8 Å². The number of nitrogens with zero attached hydrogens (tertiary/aromatic N) is 3. The molecule has 1 saturated carbocycles. The van der Waals surface area contributed by atoms with E-state index in [2.05, 4.69) is 15.3 Å². The van der Waals surface area contributed by atoms with Gasteiger partial charge in [0.05, 0.1) is 12.8 Å². The van der Waals surface area contributed by atoms with Crippen molar-refractivity contribution in [1.82, 2.24) is 15.3 Å². The van der Waals surface area contributed by atoms with Gasteiger partial charge in [0.25, 0.3) is 0 Å². The van der Waals surface area contributed by atoms with Gasteiger partial charge in [0.15, 0.2) is 0 Å². The van der Waals surface area contributed by atoms with Gasteiger partial charge < -0.3 is 24.1 Å². The van der Waals surface area contributed by atoms with Crippen LogP contribution in [0.3, 0.4) is 0 Å². The SMILES string of the molecule is CC(C)(NC(=O)Oc1ccc(N2CCCC2=O)c(OCC2CC2)n1)c1ncco1. The summed E-state index contributed by atoms with van der Waals surface area (Å²) in [6.07, 6.45) is 5.83. The lowest BCUT2D eigenvalue weighted by atomic mass is 10.1. The number of ether oxygens (including phenoxy) is 2. The third kappa shape index (κ3) is 4.49. The zero-order valence-corrected chi connectivity index (χ0v) is 16.5. The van der Waals surface area contributed by atoms with Crippen LogP contribution in [0.1, 0.15) is 45.4 Å². The minimum atomic E-state index is -0.853. The number of anilines is 1. The molecule has 154 valence electrons. The molecular formula is C20H24N4O5. The number of hydrogen-bond acceptors (Lipinski definition) is 7. The first-order chi connectivity index (χ1) is 13.9. The summed E-state index contributed by atoms with van der Waals surface area (Å²) in [6.45, 7) is 4.67. The lowest BCUT2D eigenvalue weighted by Crippen LogP contribution is -2.42. The van der Waals surface area contributed by atoms with Crippen LogP contribution in [0, 0.1) is 5.92 Å². The number of pyridine rings is 1. The molecule has 0 atom stereocenters. The van der Waals surface area contributed by atoms with E-state index in [1.54, 1.807) is 30.9 Å². The van der Waals surface area contributed by atoms with Gasteiger partial charge in [0, 0.05) is 19.0 Å². The molecule has 2 aromatic rings. The van der Waals surface area contributed by atoms with Gasteiger partial charge in [0.2, 0.25) is 23.6 Å². The van der Waals surface area contributed by atoms with Crippen molar-refractivity contribution in [1.29, 1.82) is 0 Å². The summed E-state index contributed by atoms with van der Waals surface area (Å²) in [6, 6.07) is 3.27. The lowest BCUT2D eigenvalue weighted by molar-refractivity contribution is -0.117. The molecule has 0 unspecified atom stereocenters. The van der Waals surface area contributed by atoms with Crippen molar-refractivity contribution >= 4 is 17.7 Å². The van der Waals surface area contributed by atoms with Crippen LogP contribution in [0.5, 0.6) is 11.8 Å². The van der Waals surface area contributed by atoms with Gasteiger partial charge in [-0.15, -0.1) is 0 Å². The topological polar surface area (TPSA) is 107 Å². The molecule has 2 aliphatic rings. The first-order valence-electron chi connectivity index (χ1n) is 9.76. The van der Waals surface area contributed by atoms with Crippen LogP contribution in [-0.2, 0) is 10.3 Å². The van der Waals surface area contributed by atoms with Gasteiger partial charge in [-0.25, -0.2) is 9.78 Å². The Morgan fingerprint density at radius 1 is 1.38 bits per heavy atom. The van der Waals surface area contributed by atoms with E-state index in [1.165, 1.54) is 12.5 Å². The normalized spacial score (nSPS) is 16.8. The fourth-order valence-electron chi connectivity index (χ4n) is 3.13. The van der Waals surface area contributed by atoms with Crippen molar-refractivity contribution in [2.24, 2.45) is 5.92 Å². The molecule has 3 heterocycles. The summed E-state index contributed by atoms with van der Waals surface area (Å²) in [4.78, 5) is 34.6. The molecule has 0 bridgehead atoms. The average molecular weight is 400 g/mol. The van der Waals surface area contributed by atoms with Gasteiger partial charge in [0.1, 0.15) is 17.5 Å². The molecule has 2 fully saturated rings. The van der Waals surface area contributed by atoms with Crippen LogP contribution < -0.4 is 19.7 Å².